The molecule has 2 aliphatic heterocycles. The maximum Gasteiger partial charge on any atom is 0.410 e. The Kier molecular flexibility index (Phi) is 11.0. The predicted octanol–water partition coefficient (Wildman–Crippen LogP) is 7.53. The van der Waals surface area contributed by atoms with E-state index in [1.54, 1.807) is 23.5 Å². The van der Waals surface area contributed by atoms with Crippen molar-refractivity contribution < 1.29 is 19.1 Å². The van der Waals surface area contributed by atoms with Crippen molar-refractivity contribution in [1.29, 1.82) is 0 Å². The quantitative estimate of drug-likeness (QED) is 0.163. The Hall–Kier alpha value is -5.17. The van der Waals surface area contributed by atoms with Crippen molar-refractivity contribution in [2.24, 2.45) is 5.92 Å². The van der Waals surface area contributed by atoms with E-state index >= 15 is 0 Å². The van der Waals surface area contributed by atoms with Gasteiger partial charge in [-0.15, -0.1) is 0 Å². The second-order valence-electron chi connectivity index (χ2n) is 15.4. The van der Waals surface area contributed by atoms with E-state index in [-0.39, 0.29) is 18.2 Å². The lowest BCUT2D eigenvalue weighted by atomic mass is 9.96. The normalized spacial score (nSPS) is 18.1. The molecule has 13 heteroatoms. The molecule has 0 radical (unpaired) electrons. The van der Waals surface area contributed by atoms with Crippen LogP contribution in [0.2, 0.25) is 0 Å². The molecule has 54 heavy (non-hydrogen) atoms. The standard InChI is InChI=1S/C41H51N9O4/c1-6-48(40(52)54-41(3,4)5)26-30-23-42-24-32(27(30)2)29-13-14-34-31(22-29)37(47-50(34)36-12-7-8-20-53-36)38-45-25-33(46-38)39(51)49-18-9-11-28(15-19-49)21-35-43-16-10-17-44-35/h10,13-14,16-17,22-25,28,36H,6-9,11-12,15,18-21,26H2,1-5H3,(H,45,46). The molecule has 13 nitrogen and oxygen atoms in total. The Morgan fingerprint density at radius 1 is 1.02 bits per heavy atom. The maximum absolute atomic E-state index is 13.8. The lowest BCUT2D eigenvalue weighted by Gasteiger charge is -2.27. The number of ether oxygens (including phenoxy) is 2. The summed E-state index contributed by atoms with van der Waals surface area (Å²) < 4.78 is 13.8. The molecule has 0 spiro atoms. The molecule has 0 aliphatic carbocycles. The molecule has 1 aromatic carbocycles. The van der Waals surface area contributed by atoms with Gasteiger partial charge in [0.05, 0.1) is 18.3 Å². The maximum atomic E-state index is 13.8. The van der Waals surface area contributed by atoms with E-state index in [0.717, 1.165) is 83.9 Å². The molecule has 7 rings (SSSR count). The van der Waals surface area contributed by atoms with Gasteiger partial charge in [-0.2, -0.15) is 5.10 Å². The number of aromatic amines is 1. The Labute approximate surface area is 316 Å². The summed E-state index contributed by atoms with van der Waals surface area (Å²) in [5.41, 5.74) is 5.32. The zero-order valence-electron chi connectivity index (χ0n) is 32.0. The minimum atomic E-state index is -0.586. The van der Waals surface area contributed by atoms with Crippen LogP contribution in [0.3, 0.4) is 0 Å². The fraction of sp³-hybridized carbons (Fsp3) is 0.488. The third kappa shape index (κ3) is 8.30. The van der Waals surface area contributed by atoms with Gasteiger partial charge in [0, 0.05) is 68.4 Å². The predicted molar refractivity (Wildman–Crippen MR) is 205 cm³/mol. The van der Waals surface area contributed by atoms with Crippen LogP contribution in [0.15, 0.2) is 55.2 Å². The first kappa shape index (κ1) is 37.2. The van der Waals surface area contributed by atoms with Crippen LogP contribution in [0.25, 0.3) is 33.5 Å². The van der Waals surface area contributed by atoms with Gasteiger partial charge in [0.25, 0.3) is 5.91 Å². The number of carbonyl (C=O) groups is 2. The number of amides is 2. The SMILES string of the molecule is CCN(Cc1cncc(-c2ccc3c(c2)c(-c2ncc(C(=O)N4CCCC(Cc5ncccn5)CC4)[nH]2)nn3C2CCCCO2)c1C)C(=O)OC(C)(C)C. The van der Waals surface area contributed by atoms with Crippen LogP contribution in [-0.4, -0.2) is 88.3 Å². The Morgan fingerprint density at radius 2 is 1.85 bits per heavy atom. The third-order valence-electron chi connectivity index (χ3n) is 10.4. The molecule has 5 aromatic rings. The smallest absolute Gasteiger partial charge is 0.410 e. The Morgan fingerprint density at radius 3 is 2.61 bits per heavy atom. The number of H-pyrrole nitrogens is 1. The molecule has 2 saturated heterocycles. The first-order valence-corrected chi connectivity index (χ1v) is 19.2. The zero-order valence-corrected chi connectivity index (χ0v) is 32.0. The number of rotatable bonds is 9. The van der Waals surface area contributed by atoms with Crippen molar-refractivity contribution in [2.75, 3.05) is 26.2 Å². The van der Waals surface area contributed by atoms with Crippen LogP contribution in [0.1, 0.15) is 99.9 Å². The van der Waals surface area contributed by atoms with Crippen LogP contribution in [0.4, 0.5) is 4.79 Å². The summed E-state index contributed by atoms with van der Waals surface area (Å²) in [6.07, 6.45) is 15.0. The number of pyridine rings is 1. The lowest BCUT2D eigenvalue weighted by molar-refractivity contribution is -0.0365. The van der Waals surface area contributed by atoms with E-state index in [9.17, 15) is 9.59 Å². The summed E-state index contributed by atoms with van der Waals surface area (Å²) in [6, 6.07) is 8.11. The molecular weight excluding hydrogens is 683 g/mol. The molecule has 2 fully saturated rings. The fourth-order valence-electron chi connectivity index (χ4n) is 7.46. The number of hydrogen-bond donors (Lipinski definition) is 1. The summed E-state index contributed by atoms with van der Waals surface area (Å²) >= 11 is 0. The number of carbonyl (C=O) groups excluding carboxylic acids is 2. The van der Waals surface area contributed by atoms with Gasteiger partial charge < -0.3 is 24.3 Å². The molecule has 1 N–H and O–H groups in total. The topological polar surface area (TPSA) is 144 Å². The lowest BCUT2D eigenvalue weighted by Crippen LogP contribution is -2.36. The van der Waals surface area contributed by atoms with Crippen LogP contribution in [0.5, 0.6) is 0 Å². The summed E-state index contributed by atoms with van der Waals surface area (Å²) in [5, 5.41) is 5.99. The second kappa shape index (κ2) is 16.1. The summed E-state index contributed by atoms with van der Waals surface area (Å²) in [6.45, 7) is 12.5. The summed E-state index contributed by atoms with van der Waals surface area (Å²) in [5.74, 6) is 1.76. The van der Waals surface area contributed by atoms with E-state index in [4.69, 9.17) is 19.6 Å². The van der Waals surface area contributed by atoms with Crippen LogP contribution in [0, 0.1) is 12.8 Å². The first-order chi connectivity index (χ1) is 26.1. The number of fused-ring (bicyclic) bond motifs is 1. The molecule has 2 atom stereocenters. The second-order valence-corrected chi connectivity index (χ2v) is 15.4. The molecule has 2 amide bonds. The van der Waals surface area contributed by atoms with Crippen molar-refractivity contribution in [3.8, 4) is 22.6 Å². The van der Waals surface area contributed by atoms with Gasteiger partial charge in [0.2, 0.25) is 0 Å². The molecule has 284 valence electrons. The van der Waals surface area contributed by atoms with E-state index in [0.29, 0.717) is 55.9 Å². The highest BCUT2D eigenvalue weighted by Gasteiger charge is 2.27. The Bertz CT molecular complexity index is 2080. The van der Waals surface area contributed by atoms with Crippen molar-refractivity contribution in [3.05, 3.63) is 77.9 Å². The molecule has 6 heterocycles. The number of benzene rings is 1. The largest absolute Gasteiger partial charge is 0.444 e. The minimum absolute atomic E-state index is 0.0589. The number of hydrogen-bond acceptors (Lipinski definition) is 9. The molecule has 0 bridgehead atoms. The minimum Gasteiger partial charge on any atom is -0.444 e. The number of nitrogens with zero attached hydrogens (tertiary/aromatic N) is 8. The highest BCUT2D eigenvalue weighted by molar-refractivity contribution is 5.97. The van der Waals surface area contributed by atoms with Gasteiger partial charge in [-0.25, -0.2) is 24.4 Å². The average Bonchev–Trinajstić information content (AvgIpc) is 3.73. The van der Waals surface area contributed by atoms with Crippen LogP contribution >= 0.6 is 0 Å². The van der Waals surface area contributed by atoms with Crippen molar-refractivity contribution in [3.63, 3.8) is 0 Å². The molecule has 2 aliphatic rings. The third-order valence-corrected chi connectivity index (χ3v) is 10.4. The Balaban J connectivity index is 1.17. The highest BCUT2D eigenvalue weighted by Crippen LogP contribution is 2.36. The first-order valence-electron chi connectivity index (χ1n) is 19.2. The summed E-state index contributed by atoms with van der Waals surface area (Å²) in [7, 11) is 0. The van der Waals surface area contributed by atoms with Gasteiger partial charge in [0.1, 0.15) is 22.8 Å². The zero-order chi connectivity index (χ0) is 37.8. The van der Waals surface area contributed by atoms with Gasteiger partial charge in [-0.05, 0) is 114 Å². The number of aromatic nitrogens is 7. The van der Waals surface area contributed by atoms with Gasteiger partial charge >= 0.3 is 6.09 Å². The summed E-state index contributed by atoms with van der Waals surface area (Å²) in [4.78, 5) is 51.9. The van der Waals surface area contributed by atoms with Crippen molar-refractivity contribution >= 4 is 22.9 Å². The molecule has 2 unspecified atom stereocenters. The van der Waals surface area contributed by atoms with E-state index in [2.05, 4.69) is 45.1 Å². The molecule has 4 aromatic heterocycles. The van der Waals surface area contributed by atoms with Gasteiger partial charge in [0.15, 0.2) is 12.1 Å². The molecular formula is C41H51N9O4. The fourth-order valence-corrected chi connectivity index (χ4v) is 7.46. The monoisotopic (exact) mass is 733 g/mol. The van der Waals surface area contributed by atoms with Gasteiger partial charge in [-0.1, -0.05) is 6.07 Å². The van der Waals surface area contributed by atoms with Crippen molar-refractivity contribution in [1.82, 2.24) is 44.5 Å². The van der Waals surface area contributed by atoms with Crippen LogP contribution in [-0.2, 0) is 22.4 Å². The number of imidazole rings is 1. The van der Waals surface area contributed by atoms with E-state index in [1.165, 1.54) is 0 Å². The van der Waals surface area contributed by atoms with Gasteiger partial charge in [-0.3, -0.25) is 9.78 Å². The molecule has 0 saturated carbocycles. The average molecular weight is 734 g/mol. The highest BCUT2D eigenvalue weighted by atomic mass is 16.6. The van der Waals surface area contributed by atoms with E-state index < -0.39 is 5.60 Å². The van der Waals surface area contributed by atoms with Crippen molar-refractivity contribution in [2.45, 2.75) is 97.9 Å². The number of nitrogens with one attached hydrogen (secondary N) is 1. The van der Waals surface area contributed by atoms with E-state index in [1.807, 2.05) is 55.7 Å². The van der Waals surface area contributed by atoms with Crippen LogP contribution < -0.4 is 0 Å². The number of likely N-dealkylation sites (tertiary alicyclic amines) is 1.